The third-order valence-electron chi connectivity index (χ3n) is 3.58. The van der Waals surface area contributed by atoms with Crippen LogP contribution in [-0.2, 0) is 0 Å². The third-order valence-corrected chi connectivity index (χ3v) is 3.58. The van der Waals surface area contributed by atoms with Crippen LogP contribution in [0.15, 0.2) is 47.5 Å². The van der Waals surface area contributed by atoms with Crippen LogP contribution in [0.25, 0.3) is 0 Å². The highest BCUT2D eigenvalue weighted by molar-refractivity contribution is 6.21. The van der Waals surface area contributed by atoms with Gasteiger partial charge in [-0.1, -0.05) is 0 Å². The summed E-state index contributed by atoms with van der Waals surface area (Å²) in [6, 6.07) is 12.5. The molecule has 21 heavy (non-hydrogen) atoms. The quantitative estimate of drug-likeness (QED) is 0.919. The van der Waals surface area contributed by atoms with Gasteiger partial charge in [-0.3, -0.25) is 9.79 Å². The molecule has 2 aromatic rings. The summed E-state index contributed by atoms with van der Waals surface area (Å²) in [4.78, 5) is 18.9. The van der Waals surface area contributed by atoms with Crippen molar-refractivity contribution in [1.29, 1.82) is 0 Å². The number of carbonyl (C=O) groups excluding carboxylic acids is 1. The standard InChI is InChI=1S/C17H16N2O2/c1-19(2)12-5-8-15-14(9-12)17(21)10-16(18-15)11-3-6-13(20)7-4-11/h3-9,20H,10H2,1-2H3. The van der Waals surface area contributed by atoms with Gasteiger partial charge >= 0.3 is 0 Å². The largest absolute Gasteiger partial charge is 0.508 e. The van der Waals surface area contributed by atoms with Gasteiger partial charge in [0.15, 0.2) is 5.78 Å². The second kappa shape index (κ2) is 5.05. The summed E-state index contributed by atoms with van der Waals surface area (Å²) in [5, 5.41) is 9.34. The van der Waals surface area contributed by atoms with Crippen LogP contribution in [0.2, 0.25) is 0 Å². The molecular formula is C17H16N2O2. The lowest BCUT2D eigenvalue weighted by Gasteiger charge is -2.18. The van der Waals surface area contributed by atoms with Crippen LogP contribution in [0.5, 0.6) is 5.75 Å². The van der Waals surface area contributed by atoms with Crippen molar-refractivity contribution in [3.05, 3.63) is 53.6 Å². The molecule has 0 unspecified atom stereocenters. The number of phenolic OH excluding ortho intramolecular Hbond substituents is 1. The molecule has 106 valence electrons. The van der Waals surface area contributed by atoms with Gasteiger partial charge in [0, 0.05) is 25.3 Å². The second-order valence-corrected chi connectivity index (χ2v) is 5.30. The number of fused-ring (bicyclic) bond motifs is 1. The van der Waals surface area contributed by atoms with Gasteiger partial charge in [-0.15, -0.1) is 0 Å². The van der Waals surface area contributed by atoms with E-state index in [0.29, 0.717) is 11.3 Å². The highest BCUT2D eigenvalue weighted by Gasteiger charge is 2.21. The molecule has 3 rings (SSSR count). The fourth-order valence-electron chi connectivity index (χ4n) is 2.38. The average molecular weight is 280 g/mol. The van der Waals surface area contributed by atoms with E-state index in [9.17, 15) is 9.90 Å². The second-order valence-electron chi connectivity index (χ2n) is 5.30. The van der Waals surface area contributed by atoms with E-state index in [1.54, 1.807) is 24.3 Å². The molecule has 1 aliphatic heterocycles. The number of anilines is 1. The summed E-state index contributed by atoms with van der Waals surface area (Å²) >= 11 is 0. The van der Waals surface area contributed by atoms with Gasteiger partial charge in [-0.05, 0) is 48.0 Å². The van der Waals surface area contributed by atoms with Gasteiger partial charge in [0.25, 0.3) is 0 Å². The van der Waals surface area contributed by atoms with E-state index in [4.69, 9.17) is 0 Å². The first-order valence-corrected chi connectivity index (χ1v) is 6.76. The first-order valence-electron chi connectivity index (χ1n) is 6.76. The maximum atomic E-state index is 12.4. The monoisotopic (exact) mass is 280 g/mol. The molecule has 0 aliphatic carbocycles. The van der Waals surface area contributed by atoms with Crippen molar-refractivity contribution in [3.8, 4) is 5.75 Å². The smallest absolute Gasteiger partial charge is 0.171 e. The van der Waals surface area contributed by atoms with E-state index in [1.807, 2.05) is 37.2 Å². The van der Waals surface area contributed by atoms with Crippen molar-refractivity contribution >= 4 is 22.9 Å². The number of benzene rings is 2. The summed E-state index contributed by atoms with van der Waals surface area (Å²) in [5.41, 5.74) is 3.97. The van der Waals surface area contributed by atoms with E-state index in [-0.39, 0.29) is 18.0 Å². The maximum Gasteiger partial charge on any atom is 0.171 e. The minimum Gasteiger partial charge on any atom is -0.508 e. The number of aliphatic imine (C=N–C) groups is 1. The number of rotatable bonds is 2. The van der Waals surface area contributed by atoms with Gasteiger partial charge in [0.05, 0.1) is 17.8 Å². The molecule has 0 amide bonds. The maximum absolute atomic E-state index is 12.4. The van der Waals surface area contributed by atoms with Gasteiger partial charge in [-0.25, -0.2) is 0 Å². The number of hydrogen-bond donors (Lipinski definition) is 1. The number of aromatic hydroxyl groups is 1. The number of hydrogen-bond acceptors (Lipinski definition) is 4. The number of Topliss-reactive ketones (excluding diaryl/α,β-unsaturated/α-hetero) is 1. The molecule has 4 heteroatoms. The zero-order valence-electron chi connectivity index (χ0n) is 12.0. The molecule has 4 nitrogen and oxygen atoms in total. The molecule has 1 aliphatic rings. The predicted molar refractivity (Wildman–Crippen MR) is 84.0 cm³/mol. The number of carbonyl (C=O) groups is 1. The summed E-state index contributed by atoms with van der Waals surface area (Å²) in [5.74, 6) is 0.282. The van der Waals surface area contributed by atoms with Gasteiger partial charge in [0.2, 0.25) is 0 Å². The Balaban J connectivity index is 2.04. The lowest BCUT2D eigenvalue weighted by atomic mass is 9.95. The topological polar surface area (TPSA) is 52.9 Å². The van der Waals surface area contributed by atoms with E-state index < -0.39 is 0 Å². The van der Waals surface area contributed by atoms with E-state index in [0.717, 1.165) is 17.0 Å². The van der Waals surface area contributed by atoms with Crippen LogP contribution in [0.4, 0.5) is 11.4 Å². The fraction of sp³-hybridized carbons (Fsp3) is 0.176. The van der Waals surface area contributed by atoms with Crippen molar-refractivity contribution in [1.82, 2.24) is 0 Å². The average Bonchev–Trinajstić information content (AvgIpc) is 2.47. The van der Waals surface area contributed by atoms with Crippen LogP contribution in [0.1, 0.15) is 22.3 Å². The Morgan fingerprint density at radius 3 is 2.48 bits per heavy atom. The minimum atomic E-state index is 0.0757. The van der Waals surface area contributed by atoms with Crippen LogP contribution in [-0.4, -0.2) is 30.7 Å². The summed E-state index contributed by atoms with van der Waals surface area (Å²) in [6.07, 6.45) is 0.286. The molecule has 1 N–H and O–H groups in total. The molecule has 1 heterocycles. The SMILES string of the molecule is CN(C)c1ccc2c(c1)C(=O)CC(c1ccc(O)cc1)=N2. The molecule has 0 bridgehead atoms. The van der Waals surface area contributed by atoms with Crippen LogP contribution in [0, 0.1) is 0 Å². The molecule has 0 fully saturated rings. The van der Waals surface area contributed by atoms with Gasteiger partial charge in [-0.2, -0.15) is 0 Å². The first kappa shape index (κ1) is 13.4. The third kappa shape index (κ3) is 2.52. The number of nitrogens with zero attached hydrogens (tertiary/aromatic N) is 2. The normalized spacial score (nSPS) is 13.6. The van der Waals surface area contributed by atoms with E-state index in [1.165, 1.54) is 0 Å². The number of ketones is 1. The minimum absolute atomic E-state index is 0.0757. The first-order chi connectivity index (χ1) is 10.0. The molecule has 2 aromatic carbocycles. The van der Waals surface area contributed by atoms with Crippen molar-refractivity contribution in [2.75, 3.05) is 19.0 Å². The molecule has 0 saturated carbocycles. The van der Waals surface area contributed by atoms with E-state index in [2.05, 4.69) is 4.99 Å². The Labute approximate surface area is 123 Å². The van der Waals surface area contributed by atoms with Crippen LogP contribution < -0.4 is 4.90 Å². The molecule has 0 radical (unpaired) electrons. The fourth-order valence-corrected chi connectivity index (χ4v) is 2.38. The molecule has 0 atom stereocenters. The Kier molecular flexibility index (Phi) is 3.22. The molecule has 0 spiro atoms. The van der Waals surface area contributed by atoms with E-state index >= 15 is 0 Å². The molecule has 0 aromatic heterocycles. The van der Waals surface area contributed by atoms with Gasteiger partial charge < -0.3 is 10.0 Å². The molecular weight excluding hydrogens is 264 g/mol. The van der Waals surface area contributed by atoms with Crippen molar-refractivity contribution < 1.29 is 9.90 Å². The summed E-state index contributed by atoms with van der Waals surface area (Å²) < 4.78 is 0. The Bertz CT molecular complexity index is 731. The predicted octanol–water partition coefficient (Wildman–Crippen LogP) is 3.17. The zero-order valence-corrected chi connectivity index (χ0v) is 12.0. The lowest BCUT2D eigenvalue weighted by Crippen LogP contribution is -2.16. The highest BCUT2D eigenvalue weighted by atomic mass is 16.3. The Hall–Kier alpha value is -2.62. The Morgan fingerprint density at radius 2 is 1.81 bits per heavy atom. The van der Waals surface area contributed by atoms with Crippen molar-refractivity contribution in [3.63, 3.8) is 0 Å². The lowest BCUT2D eigenvalue weighted by molar-refractivity contribution is 0.1000. The summed E-state index contributed by atoms with van der Waals surface area (Å²) in [7, 11) is 3.89. The van der Waals surface area contributed by atoms with Crippen molar-refractivity contribution in [2.45, 2.75) is 6.42 Å². The van der Waals surface area contributed by atoms with Crippen LogP contribution >= 0.6 is 0 Å². The zero-order chi connectivity index (χ0) is 15.0. The Morgan fingerprint density at radius 1 is 1.10 bits per heavy atom. The molecule has 0 saturated heterocycles. The van der Waals surface area contributed by atoms with Gasteiger partial charge in [0.1, 0.15) is 5.75 Å². The number of phenols is 1. The summed E-state index contributed by atoms with van der Waals surface area (Å²) in [6.45, 7) is 0. The van der Waals surface area contributed by atoms with Crippen molar-refractivity contribution in [2.24, 2.45) is 4.99 Å². The van der Waals surface area contributed by atoms with Crippen LogP contribution in [0.3, 0.4) is 0 Å². The highest BCUT2D eigenvalue weighted by Crippen LogP contribution is 2.31.